The maximum Gasteiger partial charge on any atom is 0.136 e. The third-order valence-electron chi connectivity index (χ3n) is 3.64. The summed E-state index contributed by atoms with van der Waals surface area (Å²) in [7, 11) is 0. The summed E-state index contributed by atoms with van der Waals surface area (Å²) in [6.45, 7) is 4.05. The van der Waals surface area contributed by atoms with E-state index < -0.39 is 0 Å². The van der Waals surface area contributed by atoms with Gasteiger partial charge in [0.1, 0.15) is 5.78 Å². The maximum absolute atomic E-state index is 11.9. The molecule has 0 fully saturated rings. The minimum atomic E-state index is 0.167. The summed E-state index contributed by atoms with van der Waals surface area (Å²) < 4.78 is 0. The molecule has 94 valence electrons. The van der Waals surface area contributed by atoms with Crippen molar-refractivity contribution in [1.82, 2.24) is 0 Å². The van der Waals surface area contributed by atoms with Crippen LogP contribution in [0.2, 0.25) is 0 Å². The highest BCUT2D eigenvalue weighted by Gasteiger charge is 2.15. The zero-order valence-electron chi connectivity index (χ0n) is 11.1. The van der Waals surface area contributed by atoms with Crippen molar-refractivity contribution in [3.8, 4) is 0 Å². The Labute approximate surface area is 109 Å². The van der Waals surface area contributed by atoms with Gasteiger partial charge in [-0.3, -0.25) is 4.79 Å². The average Bonchev–Trinajstić information content (AvgIpc) is 2.44. The number of Topliss-reactive ketones (excluding diaryl/α,β-unsaturated/α-hetero) is 1. The fourth-order valence-electron chi connectivity index (χ4n) is 2.51. The van der Waals surface area contributed by atoms with Gasteiger partial charge in [-0.2, -0.15) is 0 Å². The van der Waals surface area contributed by atoms with Crippen molar-refractivity contribution < 1.29 is 4.79 Å². The highest BCUT2D eigenvalue weighted by Crippen LogP contribution is 2.23. The Morgan fingerprint density at radius 1 is 1.06 bits per heavy atom. The zero-order chi connectivity index (χ0) is 13.0. The van der Waals surface area contributed by atoms with Gasteiger partial charge in [-0.1, -0.05) is 56.3 Å². The molecule has 0 aliphatic carbocycles. The molecule has 0 heterocycles. The van der Waals surface area contributed by atoms with E-state index in [2.05, 4.69) is 49.4 Å². The summed E-state index contributed by atoms with van der Waals surface area (Å²) in [6.07, 6.45) is 2.43. The van der Waals surface area contributed by atoms with Gasteiger partial charge < -0.3 is 0 Å². The van der Waals surface area contributed by atoms with Gasteiger partial charge in [0.05, 0.1) is 0 Å². The number of benzene rings is 2. The molecule has 0 aromatic heterocycles. The number of hydrogen-bond acceptors (Lipinski definition) is 1. The first-order valence-electron chi connectivity index (χ1n) is 6.75. The van der Waals surface area contributed by atoms with Crippen LogP contribution in [-0.4, -0.2) is 5.78 Å². The maximum atomic E-state index is 11.9. The molecule has 1 atom stereocenters. The van der Waals surface area contributed by atoms with Gasteiger partial charge in [0.2, 0.25) is 0 Å². The van der Waals surface area contributed by atoms with Crippen molar-refractivity contribution in [3.05, 3.63) is 48.0 Å². The molecule has 2 aromatic rings. The molecule has 18 heavy (non-hydrogen) atoms. The number of hydrogen-bond donors (Lipinski definition) is 0. The summed E-state index contributed by atoms with van der Waals surface area (Å²) in [5, 5.41) is 2.54. The molecule has 0 saturated heterocycles. The van der Waals surface area contributed by atoms with Crippen molar-refractivity contribution in [2.24, 2.45) is 5.92 Å². The Kier molecular flexibility index (Phi) is 4.14. The van der Waals surface area contributed by atoms with E-state index in [0.29, 0.717) is 12.2 Å². The monoisotopic (exact) mass is 240 g/mol. The first-order chi connectivity index (χ1) is 8.76. The van der Waals surface area contributed by atoms with Gasteiger partial charge in [0.15, 0.2) is 0 Å². The van der Waals surface area contributed by atoms with Crippen LogP contribution in [-0.2, 0) is 11.2 Å². The lowest BCUT2D eigenvalue weighted by Crippen LogP contribution is -2.15. The Morgan fingerprint density at radius 3 is 2.50 bits per heavy atom. The molecule has 0 saturated carbocycles. The van der Waals surface area contributed by atoms with Crippen LogP contribution in [0.3, 0.4) is 0 Å². The van der Waals surface area contributed by atoms with E-state index in [1.54, 1.807) is 0 Å². The van der Waals surface area contributed by atoms with Crippen LogP contribution in [0.15, 0.2) is 42.5 Å². The van der Waals surface area contributed by atoms with Crippen molar-refractivity contribution in [2.45, 2.75) is 33.1 Å². The van der Waals surface area contributed by atoms with Crippen LogP contribution in [0.1, 0.15) is 32.3 Å². The SMILES string of the molecule is CCC(=O)[C@@H](CC)Cc1cccc2ccccc12. The van der Waals surface area contributed by atoms with E-state index in [1.165, 1.54) is 16.3 Å². The third-order valence-corrected chi connectivity index (χ3v) is 3.64. The van der Waals surface area contributed by atoms with Crippen LogP contribution in [0.4, 0.5) is 0 Å². The third kappa shape index (κ3) is 2.61. The Morgan fingerprint density at radius 2 is 1.78 bits per heavy atom. The molecule has 0 unspecified atom stereocenters. The van der Waals surface area contributed by atoms with E-state index in [4.69, 9.17) is 0 Å². The van der Waals surface area contributed by atoms with Crippen LogP contribution in [0.5, 0.6) is 0 Å². The van der Waals surface area contributed by atoms with Crippen molar-refractivity contribution >= 4 is 16.6 Å². The highest BCUT2D eigenvalue weighted by molar-refractivity contribution is 5.87. The summed E-state index contributed by atoms with van der Waals surface area (Å²) in [6, 6.07) is 14.8. The standard InChI is InChI=1S/C17H20O/c1-3-13(17(18)4-2)12-15-10-7-9-14-8-5-6-11-16(14)15/h5-11,13H,3-4,12H2,1-2H3/t13-/m0/s1. The van der Waals surface area contributed by atoms with Crippen molar-refractivity contribution in [1.29, 1.82) is 0 Å². The number of carbonyl (C=O) groups excluding carboxylic acids is 1. The van der Waals surface area contributed by atoms with Gasteiger partial charge in [0, 0.05) is 12.3 Å². The fraction of sp³-hybridized carbons (Fsp3) is 0.353. The van der Waals surface area contributed by atoms with E-state index >= 15 is 0 Å². The van der Waals surface area contributed by atoms with Gasteiger partial charge in [-0.05, 0) is 29.2 Å². The Balaban J connectivity index is 2.33. The highest BCUT2D eigenvalue weighted by atomic mass is 16.1. The van der Waals surface area contributed by atoms with Gasteiger partial charge in [-0.15, -0.1) is 0 Å². The van der Waals surface area contributed by atoms with Crippen LogP contribution < -0.4 is 0 Å². The zero-order valence-corrected chi connectivity index (χ0v) is 11.1. The molecule has 0 N–H and O–H groups in total. The second-order valence-corrected chi connectivity index (χ2v) is 4.77. The topological polar surface area (TPSA) is 17.1 Å². The lowest BCUT2D eigenvalue weighted by atomic mass is 9.89. The fourth-order valence-corrected chi connectivity index (χ4v) is 2.51. The normalized spacial score (nSPS) is 12.6. The lowest BCUT2D eigenvalue weighted by molar-refractivity contribution is -0.122. The molecule has 2 aromatic carbocycles. The molecule has 0 bridgehead atoms. The lowest BCUT2D eigenvalue weighted by Gasteiger charge is -2.14. The van der Waals surface area contributed by atoms with E-state index in [-0.39, 0.29) is 5.92 Å². The van der Waals surface area contributed by atoms with Crippen molar-refractivity contribution in [2.75, 3.05) is 0 Å². The molecule has 0 spiro atoms. The number of fused-ring (bicyclic) bond motifs is 1. The summed E-state index contributed by atoms with van der Waals surface area (Å²) in [5.41, 5.74) is 1.29. The molecule has 2 rings (SSSR count). The van der Waals surface area contributed by atoms with Crippen LogP contribution >= 0.6 is 0 Å². The molecule has 0 aliphatic rings. The molecule has 1 nitrogen and oxygen atoms in total. The van der Waals surface area contributed by atoms with E-state index in [9.17, 15) is 4.79 Å². The first kappa shape index (κ1) is 12.8. The van der Waals surface area contributed by atoms with Gasteiger partial charge in [0.25, 0.3) is 0 Å². The Bertz CT molecular complexity index is 537. The van der Waals surface area contributed by atoms with Gasteiger partial charge >= 0.3 is 0 Å². The number of ketones is 1. The largest absolute Gasteiger partial charge is 0.299 e. The Hall–Kier alpha value is -1.63. The predicted octanol–water partition coefficient (Wildman–Crippen LogP) is 4.39. The molecular formula is C17H20O. The molecule has 0 amide bonds. The number of carbonyl (C=O) groups is 1. The minimum absolute atomic E-state index is 0.167. The number of rotatable bonds is 5. The minimum Gasteiger partial charge on any atom is -0.299 e. The molecule has 0 radical (unpaired) electrons. The average molecular weight is 240 g/mol. The smallest absolute Gasteiger partial charge is 0.136 e. The molecule has 0 aliphatic heterocycles. The predicted molar refractivity (Wildman–Crippen MR) is 76.7 cm³/mol. The van der Waals surface area contributed by atoms with Crippen LogP contribution in [0.25, 0.3) is 10.8 Å². The molecule has 1 heteroatoms. The van der Waals surface area contributed by atoms with Crippen molar-refractivity contribution in [3.63, 3.8) is 0 Å². The van der Waals surface area contributed by atoms with E-state index in [1.807, 2.05) is 6.92 Å². The molecular weight excluding hydrogens is 220 g/mol. The quantitative estimate of drug-likeness (QED) is 0.757. The summed E-state index contributed by atoms with van der Waals surface area (Å²) >= 11 is 0. The second kappa shape index (κ2) is 5.81. The summed E-state index contributed by atoms with van der Waals surface area (Å²) in [4.78, 5) is 11.9. The second-order valence-electron chi connectivity index (χ2n) is 4.77. The van der Waals surface area contributed by atoms with Crippen LogP contribution in [0, 0.1) is 5.92 Å². The first-order valence-corrected chi connectivity index (χ1v) is 6.75. The van der Waals surface area contributed by atoms with Gasteiger partial charge in [-0.25, -0.2) is 0 Å². The van der Waals surface area contributed by atoms with E-state index in [0.717, 1.165) is 12.8 Å². The summed E-state index contributed by atoms with van der Waals surface area (Å²) in [5.74, 6) is 0.547.